The Hall–Kier alpha value is -5.17. The van der Waals surface area contributed by atoms with Gasteiger partial charge in [0.2, 0.25) is 11.8 Å². The van der Waals surface area contributed by atoms with Gasteiger partial charge in [0.15, 0.2) is 0 Å². The lowest BCUT2D eigenvalue weighted by Gasteiger charge is -2.34. The lowest BCUT2D eigenvalue weighted by atomic mass is 9.78. The molecule has 5 heterocycles. The van der Waals surface area contributed by atoms with Crippen LogP contribution < -0.4 is 26.6 Å². The Labute approximate surface area is 289 Å². The van der Waals surface area contributed by atoms with Crippen molar-refractivity contribution in [3.8, 4) is 0 Å². The van der Waals surface area contributed by atoms with Gasteiger partial charge in [-0.2, -0.15) is 0 Å². The number of benzene rings is 2. The van der Waals surface area contributed by atoms with Crippen molar-refractivity contribution < 1.29 is 19.2 Å². The molecule has 13 heteroatoms. The maximum atomic E-state index is 13.1. The molecule has 1 aliphatic carbocycles. The van der Waals surface area contributed by atoms with E-state index in [1.54, 1.807) is 30.6 Å². The van der Waals surface area contributed by atoms with E-state index < -0.39 is 29.7 Å². The minimum atomic E-state index is -0.969. The summed E-state index contributed by atoms with van der Waals surface area (Å²) < 4.78 is 0. The molecule has 4 amide bonds. The number of nitrogens with one attached hydrogen (secondary N) is 3. The third kappa shape index (κ3) is 6.21. The second-order valence-electron chi connectivity index (χ2n) is 14.1. The van der Waals surface area contributed by atoms with E-state index in [0.29, 0.717) is 23.7 Å². The molecule has 3 aromatic rings. The number of anilines is 2. The van der Waals surface area contributed by atoms with Crippen molar-refractivity contribution in [2.24, 2.45) is 16.6 Å². The van der Waals surface area contributed by atoms with Crippen LogP contribution in [0.5, 0.6) is 0 Å². The van der Waals surface area contributed by atoms with Gasteiger partial charge in [0, 0.05) is 67.5 Å². The third-order valence-electron chi connectivity index (χ3n) is 10.8. The van der Waals surface area contributed by atoms with Gasteiger partial charge in [0.1, 0.15) is 6.04 Å². The average Bonchev–Trinajstić information content (AvgIpc) is 3.57. The number of hydrogen-bond donors (Lipinski definition) is 4. The summed E-state index contributed by atoms with van der Waals surface area (Å²) in [6.45, 7) is 2.76. The maximum Gasteiger partial charge on any atom is 0.262 e. The van der Waals surface area contributed by atoms with E-state index in [0.717, 1.165) is 72.5 Å². The van der Waals surface area contributed by atoms with Crippen LogP contribution in [-0.2, 0) is 9.59 Å². The lowest BCUT2D eigenvalue weighted by molar-refractivity contribution is -0.136. The first-order valence-corrected chi connectivity index (χ1v) is 17.7. The molecule has 5 aliphatic rings. The number of piperidine rings is 1. The quantitative estimate of drug-likeness (QED) is 0.142. The second-order valence-corrected chi connectivity index (χ2v) is 14.1. The van der Waals surface area contributed by atoms with Gasteiger partial charge in [-0.05, 0) is 87.3 Å². The molecule has 3 atom stereocenters. The summed E-state index contributed by atoms with van der Waals surface area (Å²) in [7, 11) is 0. The molecule has 0 spiro atoms. The molecular weight excluding hydrogens is 634 g/mol. The molecule has 4 fully saturated rings. The number of hydrogen-bond acceptors (Lipinski definition) is 11. The standard InChI is InChI=1S/C37H41N9O4/c38-16-22(32-18-41-30-8-6-27(15-31(30)43-32)45-19-24-3-4-25(20-45)42-24)17-40-26-12-21(13-26)2-1-11-39-23-5-7-28-29(14-23)37(50)46(36(28)49)33-9-10-34(47)44-35(33)48/h5-8,14-18,21,24-26,33,39,42H,1-4,9-13,19-20,38H2,(H,44,47,48). The topological polar surface area (TPSA) is 175 Å². The zero-order valence-electron chi connectivity index (χ0n) is 27.8. The highest BCUT2D eigenvalue weighted by molar-refractivity contribution is 6.23. The van der Waals surface area contributed by atoms with E-state index in [4.69, 9.17) is 15.7 Å². The number of aromatic nitrogens is 2. The largest absolute Gasteiger partial charge is 0.404 e. The summed E-state index contributed by atoms with van der Waals surface area (Å²) in [6, 6.07) is 11.8. The number of aliphatic imine (C=N–C) groups is 1. The highest BCUT2D eigenvalue weighted by atomic mass is 16.2. The molecule has 2 bridgehead atoms. The minimum Gasteiger partial charge on any atom is -0.404 e. The Morgan fingerprint density at radius 2 is 1.78 bits per heavy atom. The summed E-state index contributed by atoms with van der Waals surface area (Å²) in [5, 5.41) is 9.28. The summed E-state index contributed by atoms with van der Waals surface area (Å²) in [5.74, 6) is -1.42. The molecule has 0 radical (unpaired) electrons. The van der Waals surface area contributed by atoms with Crippen LogP contribution in [0.25, 0.3) is 16.6 Å². The fraction of sp³-hybridized carbons (Fsp3) is 0.432. The fourth-order valence-corrected chi connectivity index (χ4v) is 7.99. The average molecular weight is 676 g/mol. The van der Waals surface area contributed by atoms with Crippen molar-refractivity contribution in [3.63, 3.8) is 0 Å². The summed E-state index contributed by atoms with van der Waals surface area (Å²) in [4.78, 5) is 67.7. The van der Waals surface area contributed by atoms with Crippen LogP contribution in [0.3, 0.4) is 0 Å². The van der Waals surface area contributed by atoms with Gasteiger partial charge in [-0.15, -0.1) is 0 Å². The normalized spacial score (nSPS) is 26.5. The number of nitrogens with two attached hydrogens (primary N) is 1. The Kier molecular flexibility index (Phi) is 8.51. The minimum absolute atomic E-state index is 0.0931. The van der Waals surface area contributed by atoms with Gasteiger partial charge < -0.3 is 21.3 Å². The zero-order chi connectivity index (χ0) is 34.4. The molecule has 258 valence electrons. The number of rotatable bonds is 10. The molecule has 13 nitrogen and oxygen atoms in total. The highest BCUT2D eigenvalue weighted by Gasteiger charge is 2.44. The number of imide groups is 2. The van der Waals surface area contributed by atoms with Gasteiger partial charge in [0.05, 0.1) is 40.1 Å². The van der Waals surface area contributed by atoms with Crippen LogP contribution >= 0.6 is 0 Å². The van der Waals surface area contributed by atoms with Crippen LogP contribution in [0.2, 0.25) is 0 Å². The van der Waals surface area contributed by atoms with Crippen LogP contribution in [-0.4, -0.2) is 88.5 Å². The number of amides is 4. The van der Waals surface area contributed by atoms with E-state index in [1.807, 2.05) is 12.3 Å². The van der Waals surface area contributed by atoms with Crippen molar-refractivity contribution in [2.75, 3.05) is 29.9 Å². The number of carbonyl (C=O) groups is 4. The SMILES string of the molecule is NC=C(C=NC1CC(CCCNc2ccc3c(c2)C(=O)N(C2CCC(=O)NC2=O)C3=O)C1)c1cnc2ccc(N3CC4CCC(C3)N4)cc2n1. The number of piperazine rings is 1. The summed E-state index contributed by atoms with van der Waals surface area (Å²) in [5.41, 5.74) is 11.7. The molecular formula is C37H41N9O4. The first kappa shape index (κ1) is 32.1. The smallest absolute Gasteiger partial charge is 0.262 e. The number of allylic oxidation sites excluding steroid dienone is 1. The molecule has 8 rings (SSSR count). The van der Waals surface area contributed by atoms with Gasteiger partial charge in [-0.25, -0.2) is 4.98 Å². The van der Waals surface area contributed by atoms with Crippen molar-refractivity contribution in [1.82, 2.24) is 25.5 Å². The summed E-state index contributed by atoms with van der Waals surface area (Å²) in [6.07, 6.45) is 11.9. The van der Waals surface area contributed by atoms with Crippen molar-refractivity contribution >= 4 is 57.8 Å². The van der Waals surface area contributed by atoms with E-state index in [-0.39, 0.29) is 30.0 Å². The monoisotopic (exact) mass is 675 g/mol. The van der Waals surface area contributed by atoms with Crippen LogP contribution in [0.15, 0.2) is 53.8 Å². The molecule has 1 saturated carbocycles. The van der Waals surface area contributed by atoms with Crippen LogP contribution in [0, 0.1) is 5.92 Å². The third-order valence-corrected chi connectivity index (χ3v) is 10.8. The molecule has 4 aliphatic heterocycles. The Balaban J connectivity index is 0.803. The number of carbonyl (C=O) groups excluding carboxylic acids is 4. The fourth-order valence-electron chi connectivity index (χ4n) is 7.99. The maximum absolute atomic E-state index is 13.1. The van der Waals surface area contributed by atoms with Gasteiger partial charge in [-0.3, -0.25) is 39.4 Å². The first-order valence-electron chi connectivity index (χ1n) is 17.7. The Bertz CT molecular complexity index is 1920. The lowest BCUT2D eigenvalue weighted by Crippen LogP contribution is -2.54. The second kappa shape index (κ2) is 13.3. The van der Waals surface area contributed by atoms with Crippen LogP contribution in [0.4, 0.5) is 11.4 Å². The zero-order valence-corrected chi connectivity index (χ0v) is 27.8. The van der Waals surface area contributed by atoms with Crippen LogP contribution in [0.1, 0.15) is 77.8 Å². The van der Waals surface area contributed by atoms with Crippen molar-refractivity contribution in [2.45, 2.75) is 75.5 Å². The van der Waals surface area contributed by atoms with Crippen molar-refractivity contribution in [1.29, 1.82) is 0 Å². The molecule has 3 saturated heterocycles. The van der Waals surface area contributed by atoms with E-state index in [9.17, 15) is 19.2 Å². The predicted octanol–water partition coefficient (Wildman–Crippen LogP) is 3.01. The molecule has 1 aromatic heterocycles. The van der Waals surface area contributed by atoms with E-state index >= 15 is 0 Å². The molecule has 3 unspecified atom stereocenters. The molecule has 50 heavy (non-hydrogen) atoms. The Morgan fingerprint density at radius 1 is 0.980 bits per heavy atom. The first-order chi connectivity index (χ1) is 24.3. The predicted molar refractivity (Wildman–Crippen MR) is 190 cm³/mol. The molecule has 2 aromatic carbocycles. The van der Waals surface area contributed by atoms with Crippen molar-refractivity contribution in [3.05, 3.63) is 65.6 Å². The summed E-state index contributed by atoms with van der Waals surface area (Å²) >= 11 is 0. The van der Waals surface area contributed by atoms with E-state index in [2.05, 4.69) is 38.0 Å². The molecule has 5 N–H and O–H groups in total. The highest BCUT2D eigenvalue weighted by Crippen LogP contribution is 2.34. The number of nitrogens with zero attached hydrogens (tertiary/aromatic N) is 5. The van der Waals surface area contributed by atoms with Gasteiger partial charge >= 0.3 is 0 Å². The van der Waals surface area contributed by atoms with Gasteiger partial charge in [0.25, 0.3) is 11.8 Å². The number of fused-ring (bicyclic) bond motifs is 4. The van der Waals surface area contributed by atoms with Gasteiger partial charge in [-0.1, -0.05) is 0 Å². The Morgan fingerprint density at radius 3 is 2.56 bits per heavy atom. The van der Waals surface area contributed by atoms with E-state index in [1.165, 1.54) is 18.5 Å².